The molecule has 4 aliphatic rings. The predicted molar refractivity (Wildman–Crippen MR) is 172 cm³/mol. The Morgan fingerprint density at radius 1 is 1.00 bits per heavy atom. The molecule has 4 aliphatic carbocycles. The zero-order valence-corrected chi connectivity index (χ0v) is 28.9. The fourth-order valence-corrected chi connectivity index (χ4v) is 10.7. The van der Waals surface area contributed by atoms with E-state index in [1.54, 1.807) is 6.92 Å². The number of carbonyl (C=O) groups excluding carboxylic acids is 1. The minimum absolute atomic E-state index is 0.124. The molecule has 0 heterocycles. The molecule has 0 aromatic heterocycles. The Labute approximate surface area is 269 Å². The predicted octanol–water partition coefficient (Wildman–Crippen LogP) is 6.93. The molecule has 8 heteroatoms. The zero-order chi connectivity index (χ0) is 33.9. The lowest BCUT2D eigenvalue weighted by Crippen LogP contribution is -2.58. The number of carbonyl (C=O) groups is 3. The molecule has 3 unspecified atom stereocenters. The summed E-state index contributed by atoms with van der Waals surface area (Å²) >= 11 is 0. The number of allylic oxidation sites excluding steroid dienone is 1. The largest absolute Gasteiger partial charge is 0.481 e. The summed E-state index contributed by atoms with van der Waals surface area (Å²) in [5.74, 6) is -2.21. The zero-order valence-electron chi connectivity index (χ0n) is 28.9. The minimum Gasteiger partial charge on any atom is -0.481 e. The summed E-state index contributed by atoms with van der Waals surface area (Å²) in [5.41, 5.74) is 1.17. The van der Waals surface area contributed by atoms with Crippen molar-refractivity contribution in [2.24, 2.45) is 45.3 Å². The average molecular weight is 631 g/mol. The highest BCUT2D eigenvalue weighted by Gasteiger charge is 2.66. The van der Waals surface area contributed by atoms with E-state index < -0.39 is 42.0 Å². The van der Waals surface area contributed by atoms with E-state index >= 15 is 0 Å². The second kappa shape index (κ2) is 12.1. The van der Waals surface area contributed by atoms with E-state index in [4.69, 9.17) is 9.84 Å². The molecule has 0 saturated heterocycles. The van der Waals surface area contributed by atoms with E-state index in [-0.39, 0.29) is 40.1 Å². The van der Waals surface area contributed by atoms with Crippen LogP contribution in [0, 0.1) is 45.3 Å². The standard InChI is InChI=1S/C37H58O8/c1-21(23(3)32(42)43)10-11-22(2)24-14-17-36(8)25-12-13-27-33(4,5)29(45-31(41)20-34(6,44)19-30(39)40)15-16-35(27,7)26(25)18-28(38)37(24,36)9/h22-24,27-29,38,44H,1,10-20H2,2-9H3,(H,39,40)(H,42,43)/t22-,23-,24-,27?,28+,29-,34?,35-,36?,37+/m1/s1. The molecule has 2 fully saturated rings. The van der Waals surface area contributed by atoms with Crippen molar-refractivity contribution in [3.63, 3.8) is 0 Å². The first-order valence-corrected chi connectivity index (χ1v) is 17.1. The van der Waals surface area contributed by atoms with Crippen LogP contribution in [0.25, 0.3) is 0 Å². The summed E-state index contributed by atoms with van der Waals surface area (Å²) in [4.78, 5) is 35.5. The number of esters is 1. The molecule has 0 aromatic rings. The molecule has 0 amide bonds. The van der Waals surface area contributed by atoms with Crippen LogP contribution >= 0.6 is 0 Å². The second-order valence-electron chi connectivity index (χ2n) is 16.8. The molecule has 2 saturated carbocycles. The van der Waals surface area contributed by atoms with Gasteiger partial charge in [-0.2, -0.15) is 0 Å². The van der Waals surface area contributed by atoms with Crippen molar-refractivity contribution in [2.75, 3.05) is 0 Å². The molecule has 254 valence electrons. The van der Waals surface area contributed by atoms with Gasteiger partial charge in [-0.25, -0.2) is 0 Å². The van der Waals surface area contributed by atoms with Crippen LogP contribution in [0.2, 0.25) is 0 Å². The topological polar surface area (TPSA) is 141 Å². The van der Waals surface area contributed by atoms with Gasteiger partial charge in [0.05, 0.1) is 30.5 Å². The number of rotatable bonds is 11. The third-order valence-electron chi connectivity index (χ3n) is 13.8. The van der Waals surface area contributed by atoms with E-state index in [2.05, 4.69) is 48.1 Å². The Morgan fingerprint density at radius 2 is 1.64 bits per heavy atom. The number of hydrogen-bond acceptors (Lipinski definition) is 6. The lowest BCUT2D eigenvalue weighted by atomic mass is 9.42. The van der Waals surface area contributed by atoms with Crippen molar-refractivity contribution < 1.29 is 39.5 Å². The number of hydrogen-bond donors (Lipinski definition) is 4. The van der Waals surface area contributed by atoms with Crippen LogP contribution in [-0.4, -0.2) is 56.1 Å². The van der Waals surface area contributed by atoms with E-state index in [1.165, 1.54) is 18.1 Å². The number of aliphatic hydroxyl groups is 2. The average Bonchev–Trinajstić information content (AvgIpc) is 3.20. The van der Waals surface area contributed by atoms with Crippen LogP contribution in [0.4, 0.5) is 0 Å². The van der Waals surface area contributed by atoms with E-state index in [0.29, 0.717) is 31.1 Å². The molecular formula is C37H58O8. The first kappa shape index (κ1) is 35.7. The molecule has 0 aromatic carbocycles. The lowest BCUT2D eigenvalue weighted by Gasteiger charge is -2.63. The van der Waals surface area contributed by atoms with Crippen LogP contribution in [0.5, 0.6) is 0 Å². The number of fused-ring (bicyclic) bond motifs is 4. The maximum atomic E-state index is 12.9. The summed E-state index contributed by atoms with van der Waals surface area (Å²) < 4.78 is 5.99. The summed E-state index contributed by atoms with van der Waals surface area (Å²) in [6.07, 6.45) is 6.01. The van der Waals surface area contributed by atoms with Gasteiger partial charge in [0.15, 0.2) is 0 Å². The number of carboxylic acids is 2. The van der Waals surface area contributed by atoms with Gasteiger partial charge < -0.3 is 25.2 Å². The van der Waals surface area contributed by atoms with Gasteiger partial charge in [0.25, 0.3) is 0 Å². The monoisotopic (exact) mass is 630 g/mol. The third kappa shape index (κ3) is 6.03. The first-order valence-electron chi connectivity index (χ1n) is 17.1. The van der Waals surface area contributed by atoms with Gasteiger partial charge in [-0.3, -0.25) is 14.4 Å². The van der Waals surface area contributed by atoms with Crippen molar-refractivity contribution in [2.45, 2.75) is 144 Å². The van der Waals surface area contributed by atoms with Crippen molar-refractivity contribution in [3.05, 3.63) is 23.3 Å². The maximum absolute atomic E-state index is 12.9. The third-order valence-corrected chi connectivity index (χ3v) is 13.8. The second-order valence-corrected chi connectivity index (χ2v) is 16.8. The Hall–Kier alpha value is -2.19. The Balaban J connectivity index is 1.55. The van der Waals surface area contributed by atoms with Gasteiger partial charge in [-0.05, 0) is 100 Å². The van der Waals surface area contributed by atoms with Crippen molar-refractivity contribution in [1.82, 2.24) is 0 Å². The molecule has 0 spiro atoms. The van der Waals surface area contributed by atoms with Crippen LogP contribution in [-0.2, 0) is 19.1 Å². The smallest absolute Gasteiger partial charge is 0.310 e. The molecule has 45 heavy (non-hydrogen) atoms. The van der Waals surface area contributed by atoms with Gasteiger partial charge in [0, 0.05) is 10.8 Å². The van der Waals surface area contributed by atoms with Gasteiger partial charge in [-0.15, -0.1) is 0 Å². The quantitative estimate of drug-likeness (QED) is 0.142. The van der Waals surface area contributed by atoms with E-state index in [0.717, 1.165) is 44.1 Å². The minimum atomic E-state index is -1.66. The van der Waals surface area contributed by atoms with E-state index in [9.17, 15) is 29.7 Å². The summed E-state index contributed by atoms with van der Waals surface area (Å²) in [6, 6.07) is 0. The fourth-order valence-electron chi connectivity index (χ4n) is 10.7. The summed E-state index contributed by atoms with van der Waals surface area (Å²) in [6.45, 7) is 20.8. The molecule has 4 rings (SSSR count). The van der Waals surface area contributed by atoms with Crippen molar-refractivity contribution in [3.8, 4) is 0 Å². The maximum Gasteiger partial charge on any atom is 0.310 e. The van der Waals surface area contributed by atoms with Crippen molar-refractivity contribution in [1.29, 1.82) is 0 Å². The van der Waals surface area contributed by atoms with Gasteiger partial charge in [0.1, 0.15) is 6.10 Å². The number of ether oxygens (including phenoxy) is 1. The summed E-state index contributed by atoms with van der Waals surface area (Å²) in [5, 5.41) is 41.0. The molecule has 4 N–H and O–H groups in total. The van der Waals surface area contributed by atoms with Gasteiger partial charge in [0.2, 0.25) is 0 Å². The molecular weight excluding hydrogens is 572 g/mol. The molecule has 0 radical (unpaired) electrons. The van der Waals surface area contributed by atoms with Crippen LogP contribution in [0.1, 0.15) is 126 Å². The highest BCUT2D eigenvalue weighted by molar-refractivity contribution is 5.74. The first-order chi connectivity index (χ1) is 20.6. The van der Waals surface area contributed by atoms with Crippen molar-refractivity contribution >= 4 is 17.9 Å². The number of carboxylic acid groups (broad SMARTS) is 2. The molecule has 0 aliphatic heterocycles. The Morgan fingerprint density at radius 3 is 2.24 bits per heavy atom. The van der Waals surface area contributed by atoms with Crippen LogP contribution in [0.15, 0.2) is 23.3 Å². The molecule has 0 bridgehead atoms. The van der Waals surface area contributed by atoms with Crippen LogP contribution in [0.3, 0.4) is 0 Å². The summed E-state index contributed by atoms with van der Waals surface area (Å²) in [7, 11) is 0. The van der Waals surface area contributed by atoms with Crippen LogP contribution < -0.4 is 0 Å². The van der Waals surface area contributed by atoms with Gasteiger partial charge >= 0.3 is 17.9 Å². The highest BCUT2D eigenvalue weighted by Crippen LogP contribution is 2.72. The number of aliphatic carboxylic acids is 2. The highest BCUT2D eigenvalue weighted by atomic mass is 16.5. The lowest BCUT2D eigenvalue weighted by molar-refractivity contribution is -0.175. The van der Waals surface area contributed by atoms with E-state index in [1.807, 2.05) is 0 Å². The molecule has 10 atom stereocenters. The fraction of sp³-hybridized carbons (Fsp3) is 0.811. The van der Waals surface area contributed by atoms with Gasteiger partial charge in [-0.1, -0.05) is 64.8 Å². The number of aliphatic hydroxyl groups excluding tert-OH is 1. The SMILES string of the molecule is C=C(CC[C@@H](C)[C@H]1CCC2(C)C3=C(C[C@H](O)[C@]12C)[C@@]1(C)CC[C@@H](OC(=O)CC(C)(O)CC(=O)O)C(C)(C)C1CC3)[C@@H](C)C(=O)O. The normalized spacial score (nSPS) is 38.2. The Kier molecular flexibility index (Phi) is 9.60. The Bertz CT molecular complexity index is 1250. The molecule has 8 nitrogen and oxygen atoms in total.